The summed E-state index contributed by atoms with van der Waals surface area (Å²) in [4.78, 5) is 13.2. The van der Waals surface area contributed by atoms with E-state index in [1.165, 1.54) is 21.5 Å². The molecule has 1 aromatic carbocycles. The summed E-state index contributed by atoms with van der Waals surface area (Å²) in [6.45, 7) is 1.82. The van der Waals surface area contributed by atoms with Crippen LogP contribution < -0.4 is 0 Å². The number of rotatable bonds is 5. The number of aryl methyl sites for hydroxylation is 1. The Balaban J connectivity index is 1.61. The average molecular weight is 417 g/mol. The van der Waals surface area contributed by atoms with Crippen LogP contribution in [0.1, 0.15) is 30.7 Å². The van der Waals surface area contributed by atoms with Gasteiger partial charge in [0.05, 0.1) is 17.2 Å². The van der Waals surface area contributed by atoms with Gasteiger partial charge in [-0.1, -0.05) is 35.5 Å². The molecule has 4 rings (SSSR count). The number of thioether (sulfide) groups is 1. The van der Waals surface area contributed by atoms with Crippen molar-refractivity contribution in [3.05, 3.63) is 59.0 Å². The number of benzene rings is 1. The molecular formula is C18H17ClN6O2S. The maximum Gasteiger partial charge on any atom is 0.256 e. The van der Waals surface area contributed by atoms with Crippen molar-refractivity contribution in [3.8, 4) is 0 Å². The highest BCUT2D eigenvalue weighted by molar-refractivity contribution is 8.00. The lowest BCUT2D eigenvalue weighted by molar-refractivity contribution is -0.132. The van der Waals surface area contributed by atoms with E-state index in [4.69, 9.17) is 16.0 Å². The summed E-state index contributed by atoms with van der Waals surface area (Å²) in [7, 11) is 1.73. The molecule has 10 heteroatoms. The Kier molecular flexibility index (Phi) is 5.19. The monoisotopic (exact) mass is 416 g/mol. The molecule has 1 aliphatic rings. The molecule has 1 amide bonds. The summed E-state index contributed by atoms with van der Waals surface area (Å²) in [6.07, 6.45) is 2.16. The fourth-order valence-electron chi connectivity index (χ4n) is 2.95. The van der Waals surface area contributed by atoms with E-state index in [9.17, 15) is 4.79 Å². The molecule has 0 fully saturated rings. The zero-order chi connectivity index (χ0) is 19.7. The van der Waals surface area contributed by atoms with Crippen LogP contribution in [0.3, 0.4) is 0 Å². The van der Waals surface area contributed by atoms with E-state index in [-0.39, 0.29) is 11.9 Å². The molecule has 3 heterocycles. The Morgan fingerprint density at radius 1 is 1.32 bits per heavy atom. The molecule has 0 saturated carbocycles. The molecule has 0 saturated heterocycles. The van der Waals surface area contributed by atoms with Crippen LogP contribution in [0.25, 0.3) is 0 Å². The van der Waals surface area contributed by atoms with E-state index in [1.807, 2.05) is 43.3 Å². The van der Waals surface area contributed by atoms with E-state index in [1.54, 1.807) is 13.3 Å². The summed E-state index contributed by atoms with van der Waals surface area (Å²) in [5.41, 5.74) is 1.73. The summed E-state index contributed by atoms with van der Waals surface area (Å²) in [5.74, 6) is 0.553. The Morgan fingerprint density at radius 2 is 2.11 bits per heavy atom. The summed E-state index contributed by atoms with van der Waals surface area (Å²) in [5, 5.41) is 18.3. The van der Waals surface area contributed by atoms with Gasteiger partial charge in [-0.05, 0) is 47.2 Å². The van der Waals surface area contributed by atoms with Crippen LogP contribution in [0, 0.1) is 0 Å². The quantitative estimate of drug-likeness (QED) is 0.593. The predicted molar refractivity (Wildman–Crippen MR) is 105 cm³/mol. The molecule has 28 heavy (non-hydrogen) atoms. The normalized spacial score (nSPS) is 17.6. The van der Waals surface area contributed by atoms with Gasteiger partial charge in [-0.25, -0.2) is 9.69 Å². The maximum absolute atomic E-state index is 13.2. The van der Waals surface area contributed by atoms with Crippen molar-refractivity contribution < 1.29 is 9.21 Å². The van der Waals surface area contributed by atoms with E-state index in [0.717, 1.165) is 11.3 Å². The number of hydrogen-bond acceptors (Lipinski definition) is 7. The van der Waals surface area contributed by atoms with Crippen molar-refractivity contribution in [2.75, 3.05) is 0 Å². The minimum atomic E-state index is -0.421. The fraction of sp³-hybridized carbons (Fsp3) is 0.278. The minimum absolute atomic E-state index is 0.140. The highest BCUT2D eigenvalue weighted by Gasteiger charge is 2.37. The first-order valence-corrected chi connectivity index (χ1v) is 9.87. The first kappa shape index (κ1) is 18.7. The number of halogens is 1. The van der Waals surface area contributed by atoms with Gasteiger partial charge < -0.3 is 4.42 Å². The van der Waals surface area contributed by atoms with Crippen LogP contribution in [0.4, 0.5) is 0 Å². The number of aromatic nitrogens is 4. The Labute approximate surface area is 170 Å². The lowest BCUT2D eigenvalue weighted by Gasteiger charge is -2.22. The second-order valence-electron chi connectivity index (χ2n) is 6.32. The second-order valence-corrected chi connectivity index (χ2v) is 8.06. The van der Waals surface area contributed by atoms with Gasteiger partial charge in [0.1, 0.15) is 11.8 Å². The molecule has 3 aromatic rings. The summed E-state index contributed by atoms with van der Waals surface area (Å²) in [6, 6.07) is 10.8. The van der Waals surface area contributed by atoms with Crippen LogP contribution in [-0.2, 0) is 11.8 Å². The number of hydrazone groups is 1. The van der Waals surface area contributed by atoms with Crippen molar-refractivity contribution in [1.82, 2.24) is 25.2 Å². The third-order valence-electron chi connectivity index (χ3n) is 4.40. The third-order valence-corrected chi connectivity index (χ3v) is 5.76. The number of tetrazole rings is 1. The molecule has 2 aromatic heterocycles. The van der Waals surface area contributed by atoms with Gasteiger partial charge >= 0.3 is 0 Å². The zero-order valence-electron chi connectivity index (χ0n) is 15.2. The number of carbonyl (C=O) groups excluding carboxylic acids is 1. The SMILES string of the molecule is CC(Sc1nnnn1C)C(=O)N1N=C(c2ccc(Cl)cc2)CC1c1ccco1. The smallest absolute Gasteiger partial charge is 0.256 e. The van der Waals surface area contributed by atoms with Gasteiger partial charge in [-0.2, -0.15) is 5.10 Å². The highest BCUT2D eigenvalue weighted by atomic mass is 35.5. The lowest BCUT2D eigenvalue weighted by atomic mass is 10.0. The van der Waals surface area contributed by atoms with Crippen LogP contribution in [0.15, 0.2) is 57.3 Å². The molecule has 0 radical (unpaired) electrons. The van der Waals surface area contributed by atoms with Gasteiger partial charge in [0, 0.05) is 18.5 Å². The molecule has 2 atom stereocenters. The predicted octanol–water partition coefficient (Wildman–Crippen LogP) is 3.32. The van der Waals surface area contributed by atoms with Crippen LogP contribution in [0.5, 0.6) is 0 Å². The Morgan fingerprint density at radius 3 is 2.75 bits per heavy atom. The van der Waals surface area contributed by atoms with Crippen molar-refractivity contribution in [2.24, 2.45) is 12.1 Å². The van der Waals surface area contributed by atoms with Crippen LogP contribution in [0.2, 0.25) is 5.02 Å². The molecule has 8 nitrogen and oxygen atoms in total. The molecule has 144 valence electrons. The third kappa shape index (κ3) is 3.67. The standard InChI is InChI=1S/C18H17ClN6O2S/c1-11(28-18-20-22-23-24(18)2)17(26)25-15(16-4-3-9-27-16)10-14(21-25)12-5-7-13(19)8-6-12/h3-9,11,15H,10H2,1-2H3. The first-order valence-electron chi connectivity index (χ1n) is 8.62. The minimum Gasteiger partial charge on any atom is -0.467 e. The van der Waals surface area contributed by atoms with Gasteiger partial charge in [-0.15, -0.1) is 5.10 Å². The summed E-state index contributed by atoms with van der Waals surface area (Å²) < 4.78 is 7.11. The molecule has 0 bridgehead atoms. The van der Waals surface area contributed by atoms with Crippen LogP contribution in [-0.4, -0.2) is 42.1 Å². The van der Waals surface area contributed by atoms with E-state index >= 15 is 0 Å². The van der Waals surface area contributed by atoms with Crippen molar-refractivity contribution in [2.45, 2.75) is 29.8 Å². The molecule has 0 aliphatic carbocycles. The molecule has 0 spiro atoms. The molecule has 0 N–H and O–H groups in total. The van der Waals surface area contributed by atoms with Gasteiger partial charge in [0.15, 0.2) is 0 Å². The van der Waals surface area contributed by atoms with Crippen molar-refractivity contribution >= 4 is 35.0 Å². The second kappa shape index (κ2) is 7.76. The van der Waals surface area contributed by atoms with Gasteiger partial charge in [-0.3, -0.25) is 4.79 Å². The molecule has 1 aliphatic heterocycles. The van der Waals surface area contributed by atoms with Crippen molar-refractivity contribution in [1.29, 1.82) is 0 Å². The molecule has 2 unspecified atom stereocenters. The number of nitrogens with zero attached hydrogens (tertiary/aromatic N) is 6. The van der Waals surface area contributed by atoms with E-state index in [0.29, 0.717) is 22.4 Å². The fourth-order valence-corrected chi connectivity index (χ4v) is 3.87. The topological polar surface area (TPSA) is 89.4 Å². The van der Waals surface area contributed by atoms with E-state index in [2.05, 4.69) is 20.6 Å². The lowest BCUT2D eigenvalue weighted by Crippen LogP contribution is -2.33. The van der Waals surface area contributed by atoms with E-state index < -0.39 is 5.25 Å². The number of amides is 1. The number of carbonyl (C=O) groups is 1. The average Bonchev–Trinajstić information content (AvgIpc) is 3.43. The first-order chi connectivity index (χ1) is 13.5. The number of hydrogen-bond donors (Lipinski definition) is 0. The highest BCUT2D eigenvalue weighted by Crippen LogP contribution is 2.35. The maximum atomic E-state index is 13.2. The zero-order valence-corrected chi connectivity index (χ0v) is 16.8. The van der Waals surface area contributed by atoms with Crippen molar-refractivity contribution in [3.63, 3.8) is 0 Å². The Bertz CT molecular complexity index is 1000. The molecular weight excluding hydrogens is 400 g/mol. The summed E-state index contributed by atoms with van der Waals surface area (Å²) >= 11 is 7.28. The number of furan rings is 1. The van der Waals surface area contributed by atoms with Crippen LogP contribution >= 0.6 is 23.4 Å². The van der Waals surface area contributed by atoms with Gasteiger partial charge in [0.2, 0.25) is 5.16 Å². The Hall–Kier alpha value is -2.65. The van der Waals surface area contributed by atoms with Gasteiger partial charge in [0.25, 0.3) is 5.91 Å². The largest absolute Gasteiger partial charge is 0.467 e.